The number of piperidine rings is 1. The Labute approximate surface area is 238 Å². The summed E-state index contributed by atoms with van der Waals surface area (Å²) < 4.78 is 54.1. The van der Waals surface area contributed by atoms with Crippen molar-refractivity contribution < 1.29 is 36.3 Å². The lowest BCUT2D eigenvalue weighted by Gasteiger charge is -2.31. The van der Waals surface area contributed by atoms with E-state index < -0.39 is 28.5 Å². The van der Waals surface area contributed by atoms with Gasteiger partial charge in [0, 0.05) is 39.5 Å². The molecule has 0 bridgehead atoms. The number of aryl methyl sites for hydroxylation is 1. The maximum atomic E-state index is 12.7. The fraction of sp³-hybridized carbons (Fsp3) is 0.567. The van der Waals surface area contributed by atoms with Crippen molar-refractivity contribution in [2.24, 2.45) is 5.92 Å². The number of rotatable bonds is 12. The zero-order valence-electron chi connectivity index (χ0n) is 23.7. The Hall–Kier alpha value is -2.50. The molecule has 10 heteroatoms. The number of carbonyl (C=O) groups is 1. The highest BCUT2D eigenvalue weighted by molar-refractivity contribution is 7.84. The van der Waals surface area contributed by atoms with Gasteiger partial charge in [0.25, 0.3) is 0 Å². The second-order valence-corrected chi connectivity index (χ2v) is 11.7. The van der Waals surface area contributed by atoms with Crippen LogP contribution in [0.2, 0.25) is 0 Å². The third-order valence-electron chi connectivity index (χ3n) is 7.47. The van der Waals surface area contributed by atoms with E-state index in [0.29, 0.717) is 71.8 Å². The van der Waals surface area contributed by atoms with Gasteiger partial charge in [-0.1, -0.05) is 30.3 Å². The first-order valence-corrected chi connectivity index (χ1v) is 15.5. The van der Waals surface area contributed by atoms with Crippen molar-refractivity contribution in [2.75, 3.05) is 46.1 Å². The van der Waals surface area contributed by atoms with Crippen LogP contribution in [0, 0.1) is 12.8 Å². The minimum Gasteiger partial charge on any atom is -0.488 e. The van der Waals surface area contributed by atoms with E-state index in [2.05, 4.69) is 31.2 Å². The highest BCUT2D eigenvalue weighted by atomic mass is 32.2. The maximum absolute atomic E-state index is 12.7. The lowest BCUT2D eigenvalue weighted by atomic mass is 9.87. The number of benzene rings is 2. The van der Waals surface area contributed by atoms with Gasteiger partial charge in [0.05, 0.1) is 5.92 Å². The number of carbonyl (C=O) groups excluding carboxylic acids is 1. The van der Waals surface area contributed by atoms with Crippen LogP contribution in [0.4, 0.5) is 0 Å². The Morgan fingerprint density at radius 2 is 1.70 bits per heavy atom. The van der Waals surface area contributed by atoms with Gasteiger partial charge in [-0.15, -0.1) is 0 Å². The van der Waals surface area contributed by atoms with Gasteiger partial charge >= 0.3 is 16.3 Å². The Bertz CT molecular complexity index is 1210. The summed E-state index contributed by atoms with van der Waals surface area (Å²) in [5.74, 6) is -0.114. The second kappa shape index (κ2) is 14.4. The average Bonchev–Trinajstić information content (AvgIpc) is 2.96. The summed E-state index contributed by atoms with van der Waals surface area (Å²) in [5.41, 5.74) is 4.48. The van der Waals surface area contributed by atoms with E-state index in [4.69, 9.17) is 23.1 Å². The largest absolute Gasteiger partial charge is 0.488 e. The molecular formula is C30H41NO8S. The molecule has 0 saturated carbocycles. The molecule has 2 aromatic rings. The maximum Gasteiger partial charge on any atom is 0.387 e. The van der Waals surface area contributed by atoms with E-state index in [1.807, 2.05) is 32.0 Å². The molecule has 0 radical (unpaired) electrons. The van der Waals surface area contributed by atoms with Crippen LogP contribution >= 0.6 is 0 Å². The monoisotopic (exact) mass is 575 g/mol. The molecule has 2 aliphatic heterocycles. The van der Waals surface area contributed by atoms with Crippen LogP contribution in [0.1, 0.15) is 56.6 Å². The van der Waals surface area contributed by atoms with Gasteiger partial charge in [-0.2, -0.15) is 12.7 Å². The van der Waals surface area contributed by atoms with Gasteiger partial charge in [-0.05, 0) is 86.8 Å². The Morgan fingerprint density at radius 3 is 2.35 bits per heavy atom. The van der Waals surface area contributed by atoms with Crippen LogP contribution in [-0.2, 0) is 33.5 Å². The third kappa shape index (κ3) is 8.04. The minimum absolute atomic E-state index is 0.231. The first-order valence-electron chi connectivity index (χ1n) is 14.2. The first-order chi connectivity index (χ1) is 19.3. The highest BCUT2D eigenvalue weighted by Gasteiger charge is 2.34. The quantitative estimate of drug-likeness (QED) is 0.332. The predicted molar refractivity (Wildman–Crippen MR) is 151 cm³/mol. The molecule has 0 aliphatic carbocycles. The van der Waals surface area contributed by atoms with Crippen molar-refractivity contribution in [1.82, 2.24) is 4.31 Å². The first kappa shape index (κ1) is 30.5. The molecule has 2 aliphatic rings. The fourth-order valence-corrected chi connectivity index (χ4v) is 6.38. The Morgan fingerprint density at radius 1 is 1.00 bits per heavy atom. The van der Waals surface area contributed by atoms with Gasteiger partial charge < -0.3 is 23.1 Å². The van der Waals surface area contributed by atoms with Crippen molar-refractivity contribution >= 4 is 16.3 Å². The minimum atomic E-state index is -4.09. The third-order valence-corrected chi connectivity index (χ3v) is 8.84. The molecular weight excluding hydrogens is 534 g/mol. The summed E-state index contributed by atoms with van der Waals surface area (Å²) in [5, 5.41) is 0. The van der Waals surface area contributed by atoms with Crippen molar-refractivity contribution in [1.29, 1.82) is 0 Å². The fourth-order valence-electron chi connectivity index (χ4n) is 5.27. The van der Waals surface area contributed by atoms with Crippen LogP contribution in [0.3, 0.4) is 0 Å². The lowest BCUT2D eigenvalue weighted by Crippen LogP contribution is -2.41. The number of hydrogen-bond donors (Lipinski definition) is 0. The zero-order chi connectivity index (χ0) is 28.5. The van der Waals surface area contributed by atoms with Crippen molar-refractivity contribution in [3.05, 3.63) is 53.6 Å². The van der Waals surface area contributed by atoms with Crippen LogP contribution in [0.15, 0.2) is 42.5 Å². The number of hydrogen-bond acceptors (Lipinski definition) is 8. The molecule has 2 fully saturated rings. The van der Waals surface area contributed by atoms with Gasteiger partial charge in [-0.25, -0.2) is 0 Å². The van der Waals surface area contributed by atoms with Crippen LogP contribution < -0.4 is 4.74 Å². The van der Waals surface area contributed by atoms with E-state index >= 15 is 0 Å². The molecule has 220 valence electrons. The summed E-state index contributed by atoms with van der Waals surface area (Å²) in [7, 11) is -4.09. The number of ether oxygens (including phenoxy) is 4. The van der Waals surface area contributed by atoms with E-state index in [-0.39, 0.29) is 5.92 Å². The van der Waals surface area contributed by atoms with Crippen LogP contribution in [0.5, 0.6) is 5.75 Å². The molecule has 2 heterocycles. The van der Waals surface area contributed by atoms with E-state index in [9.17, 15) is 13.2 Å². The molecule has 0 unspecified atom stereocenters. The predicted octanol–water partition coefficient (Wildman–Crippen LogP) is 4.83. The molecule has 4 rings (SSSR count). The molecule has 2 aromatic carbocycles. The summed E-state index contributed by atoms with van der Waals surface area (Å²) in [6.07, 6.45) is 1.91. The summed E-state index contributed by atoms with van der Waals surface area (Å²) in [4.78, 5) is 12.4. The zero-order valence-corrected chi connectivity index (χ0v) is 24.5. The summed E-state index contributed by atoms with van der Waals surface area (Å²) in [6.45, 7) is 8.90. The van der Waals surface area contributed by atoms with Gasteiger partial charge in [-0.3, -0.25) is 4.79 Å². The van der Waals surface area contributed by atoms with E-state index in [1.54, 1.807) is 0 Å². The standard InChI is InChI=1S/C30H41NO8S/c1-4-36-29(37-5-2)21-38-27-8-6-7-26(20-27)28-10-9-25(19-22(28)3)23-11-15-31(16-12-23)40(33,34)39-30(32)24-13-17-35-18-14-24/h6-10,19-20,23-24,29H,4-5,11-18,21H2,1-3H3. The van der Waals surface area contributed by atoms with E-state index in [1.165, 1.54) is 9.87 Å². The van der Waals surface area contributed by atoms with Gasteiger partial charge in [0.1, 0.15) is 12.4 Å². The Kier molecular flexibility index (Phi) is 11.0. The molecule has 40 heavy (non-hydrogen) atoms. The SMILES string of the molecule is CCOC(COc1cccc(-c2ccc(C3CCN(S(=O)(=O)OC(=O)C4CCOCC4)CC3)cc2C)c1)OCC. The lowest BCUT2D eigenvalue weighted by molar-refractivity contribution is -0.152. The van der Waals surface area contributed by atoms with Crippen molar-refractivity contribution in [3.8, 4) is 16.9 Å². The molecule has 0 N–H and O–H groups in total. The summed E-state index contributed by atoms with van der Waals surface area (Å²) >= 11 is 0. The smallest absolute Gasteiger partial charge is 0.387 e. The van der Waals surface area contributed by atoms with Crippen LogP contribution in [-0.4, -0.2) is 71.1 Å². The molecule has 0 amide bonds. The number of nitrogens with zero attached hydrogens (tertiary/aromatic N) is 1. The normalized spacial score (nSPS) is 17.7. The van der Waals surface area contributed by atoms with Crippen molar-refractivity contribution in [2.45, 2.75) is 58.7 Å². The molecule has 9 nitrogen and oxygen atoms in total. The van der Waals surface area contributed by atoms with E-state index in [0.717, 1.165) is 22.4 Å². The highest BCUT2D eigenvalue weighted by Crippen LogP contribution is 2.34. The van der Waals surface area contributed by atoms with Crippen LogP contribution in [0.25, 0.3) is 11.1 Å². The molecule has 2 saturated heterocycles. The topological polar surface area (TPSA) is 101 Å². The average molecular weight is 576 g/mol. The van der Waals surface area contributed by atoms with Gasteiger partial charge in [0.15, 0.2) is 6.29 Å². The molecule has 0 atom stereocenters. The molecule has 0 aromatic heterocycles. The van der Waals surface area contributed by atoms with Gasteiger partial charge in [0.2, 0.25) is 0 Å². The Balaban J connectivity index is 1.34. The molecule has 0 spiro atoms. The second-order valence-electron chi connectivity index (χ2n) is 10.2. The van der Waals surface area contributed by atoms with Crippen molar-refractivity contribution in [3.63, 3.8) is 0 Å². The summed E-state index contributed by atoms with van der Waals surface area (Å²) in [6, 6.07) is 14.4.